The standard InChI is InChI=1S/C21H22F3N3O3/c1-13(15-2-4-17-18(10-15)30-12-29-17)26-20(28)14-6-8-27(9-7-14)19-5-3-16(11-25-19)21(22,23)24/h2-5,10-11,13-14H,6-9,12H2,1H3,(H,26,28). The highest BCUT2D eigenvalue weighted by molar-refractivity contribution is 5.79. The Labute approximate surface area is 172 Å². The Morgan fingerprint density at radius 3 is 2.57 bits per heavy atom. The summed E-state index contributed by atoms with van der Waals surface area (Å²) in [4.78, 5) is 18.5. The second kappa shape index (κ2) is 8.04. The molecule has 2 aromatic rings. The van der Waals surface area contributed by atoms with Gasteiger partial charge in [-0.15, -0.1) is 0 Å². The Balaban J connectivity index is 1.31. The summed E-state index contributed by atoms with van der Waals surface area (Å²) in [5.41, 5.74) is 0.164. The number of aromatic nitrogens is 1. The highest BCUT2D eigenvalue weighted by atomic mass is 19.4. The molecule has 1 N–H and O–H groups in total. The van der Waals surface area contributed by atoms with Gasteiger partial charge in [0.15, 0.2) is 11.5 Å². The zero-order valence-corrected chi connectivity index (χ0v) is 16.4. The normalized spacial score (nSPS) is 17.7. The molecule has 160 valence electrons. The van der Waals surface area contributed by atoms with Crippen molar-refractivity contribution in [3.05, 3.63) is 47.7 Å². The lowest BCUT2D eigenvalue weighted by Crippen LogP contribution is -2.41. The van der Waals surface area contributed by atoms with Crippen molar-refractivity contribution in [2.45, 2.75) is 32.0 Å². The maximum atomic E-state index is 12.7. The number of halogens is 3. The van der Waals surface area contributed by atoms with Crippen LogP contribution in [0.4, 0.5) is 19.0 Å². The molecule has 2 aliphatic heterocycles. The largest absolute Gasteiger partial charge is 0.454 e. The van der Waals surface area contributed by atoms with Crippen LogP contribution in [0.5, 0.6) is 11.5 Å². The number of carbonyl (C=O) groups is 1. The lowest BCUT2D eigenvalue weighted by molar-refractivity contribution is -0.137. The van der Waals surface area contributed by atoms with E-state index in [-0.39, 0.29) is 24.7 Å². The number of alkyl halides is 3. The molecule has 1 aromatic carbocycles. The number of nitrogens with zero attached hydrogens (tertiary/aromatic N) is 2. The molecule has 6 nitrogen and oxygen atoms in total. The van der Waals surface area contributed by atoms with Gasteiger partial charge in [-0.1, -0.05) is 6.07 Å². The summed E-state index contributed by atoms with van der Waals surface area (Å²) in [5.74, 6) is 1.69. The van der Waals surface area contributed by atoms with Gasteiger partial charge in [0.1, 0.15) is 5.82 Å². The third-order valence-corrected chi connectivity index (χ3v) is 5.52. The highest BCUT2D eigenvalue weighted by Crippen LogP contribution is 2.34. The molecule has 3 heterocycles. The van der Waals surface area contributed by atoms with Crippen molar-refractivity contribution in [3.8, 4) is 11.5 Å². The zero-order chi connectivity index (χ0) is 21.3. The van der Waals surface area contributed by atoms with Gasteiger partial charge in [-0.2, -0.15) is 13.2 Å². The van der Waals surface area contributed by atoms with Crippen LogP contribution < -0.4 is 19.7 Å². The van der Waals surface area contributed by atoms with E-state index in [1.807, 2.05) is 30.0 Å². The smallest absolute Gasteiger partial charge is 0.417 e. The Hall–Kier alpha value is -2.97. The molecule has 30 heavy (non-hydrogen) atoms. The first-order valence-electron chi connectivity index (χ1n) is 9.79. The fourth-order valence-electron chi connectivity index (χ4n) is 3.71. The van der Waals surface area contributed by atoms with Crippen LogP contribution in [0, 0.1) is 5.92 Å². The summed E-state index contributed by atoms with van der Waals surface area (Å²) in [6, 6.07) is 7.83. The maximum absolute atomic E-state index is 12.7. The molecule has 1 fully saturated rings. The zero-order valence-electron chi connectivity index (χ0n) is 16.4. The van der Waals surface area contributed by atoms with Crippen LogP contribution in [0.15, 0.2) is 36.5 Å². The van der Waals surface area contributed by atoms with E-state index in [9.17, 15) is 18.0 Å². The van der Waals surface area contributed by atoms with Crippen LogP contribution in [0.3, 0.4) is 0 Å². The molecule has 9 heteroatoms. The Morgan fingerprint density at radius 2 is 1.90 bits per heavy atom. The summed E-state index contributed by atoms with van der Waals surface area (Å²) in [6.07, 6.45) is -2.32. The minimum absolute atomic E-state index is 0.0276. The second-order valence-corrected chi connectivity index (χ2v) is 7.51. The number of rotatable bonds is 4. The van der Waals surface area contributed by atoms with Gasteiger partial charge < -0.3 is 19.7 Å². The average Bonchev–Trinajstić information content (AvgIpc) is 3.21. The molecule has 1 amide bonds. The van der Waals surface area contributed by atoms with Crippen LogP contribution in [0.1, 0.15) is 36.9 Å². The number of hydrogen-bond donors (Lipinski definition) is 1. The number of benzene rings is 1. The molecule has 1 saturated heterocycles. The summed E-state index contributed by atoms with van der Waals surface area (Å²) >= 11 is 0. The lowest BCUT2D eigenvalue weighted by Gasteiger charge is -2.32. The number of amides is 1. The quantitative estimate of drug-likeness (QED) is 0.811. The summed E-state index contributed by atoms with van der Waals surface area (Å²) in [5, 5.41) is 3.04. The Morgan fingerprint density at radius 1 is 1.17 bits per heavy atom. The van der Waals surface area contributed by atoms with Gasteiger partial charge in [-0.25, -0.2) is 4.98 Å². The van der Waals surface area contributed by atoms with Gasteiger partial charge in [0.05, 0.1) is 11.6 Å². The number of carbonyl (C=O) groups excluding carboxylic acids is 1. The molecule has 0 spiro atoms. The molecule has 1 unspecified atom stereocenters. The molecule has 0 bridgehead atoms. The molecular weight excluding hydrogens is 399 g/mol. The van der Waals surface area contributed by atoms with E-state index >= 15 is 0 Å². The van der Waals surface area contributed by atoms with Crippen molar-refractivity contribution in [3.63, 3.8) is 0 Å². The second-order valence-electron chi connectivity index (χ2n) is 7.51. The SMILES string of the molecule is CC(NC(=O)C1CCN(c2ccc(C(F)(F)F)cn2)CC1)c1ccc2c(c1)OCO2. The van der Waals surface area contributed by atoms with Gasteiger partial charge in [0.25, 0.3) is 0 Å². The van der Waals surface area contributed by atoms with Crippen molar-refractivity contribution < 1.29 is 27.4 Å². The van der Waals surface area contributed by atoms with Crippen molar-refractivity contribution in [1.29, 1.82) is 0 Å². The van der Waals surface area contributed by atoms with Crippen LogP contribution in [0.25, 0.3) is 0 Å². The summed E-state index contributed by atoms with van der Waals surface area (Å²) in [7, 11) is 0. The lowest BCUT2D eigenvalue weighted by atomic mass is 9.95. The predicted octanol–water partition coefficient (Wildman–Crippen LogP) is 3.92. The van der Waals surface area contributed by atoms with Crippen LogP contribution in [-0.4, -0.2) is 30.8 Å². The highest BCUT2D eigenvalue weighted by Gasteiger charge is 2.31. The van der Waals surface area contributed by atoms with Crippen molar-refractivity contribution in [1.82, 2.24) is 10.3 Å². The van der Waals surface area contributed by atoms with Gasteiger partial charge in [0.2, 0.25) is 12.7 Å². The van der Waals surface area contributed by atoms with E-state index in [2.05, 4.69) is 10.3 Å². The number of nitrogens with one attached hydrogen (secondary N) is 1. The topological polar surface area (TPSA) is 63.7 Å². The first-order chi connectivity index (χ1) is 14.3. The number of pyridine rings is 1. The van der Waals surface area contributed by atoms with E-state index in [0.29, 0.717) is 43.2 Å². The molecule has 1 atom stereocenters. The van der Waals surface area contributed by atoms with E-state index in [4.69, 9.17) is 9.47 Å². The third-order valence-electron chi connectivity index (χ3n) is 5.52. The number of ether oxygens (including phenoxy) is 2. The Kier molecular flexibility index (Phi) is 5.44. The Bertz CT molecular complexity index is 910. The minimum atomic E-state index is -4.40. The van der Waals surface area contributed by atoms with E-state index in [0.717, 1.165) is 17.8 Å². The molecule has 4 rings (SSSR count). The number of anilines is 1. The van der Waals surface area contributed by atoms with Gasteiger partial charge in [0, 0.05) is 25.2 Å². The molecule has 0 radical (unpaired) electrons. The molecule has 0 aliphatic carbocycles. The van der Waals surface area contributed by atoms with Crippen LogP contribution >= 0.6 is 0 Å². The van der Waals surface area contributed by atoms with E-state index in [1.165, 1.54) is 6.07 Å². The fourth-order valence-corrected chi connectivity index (χ4v) is 3.71. The fraction of sp³-hybridized carbons (Fsp3) is 0.429. The monoisotopic (exact) mass is 421 g/mol. The van der Waals surface area contributed by atoms with Gasteiger partial charge >= 0.3 is 6.18 Å². The number of piperidine rings is 1. The van der Waals surface area contributed by atoms with E-state index < -0.39 is 11.7 Å². The van der Waals surface area contributed by atoms with Gasteiger partial charge in [-0.05, 0) is 49.6 Å². The van der Waals surface area contributed by atoms with E-state index in [1.54, 1.807) is 0 Å². The average molecular weight is 421 g/mol. The molecule has 1 aromatic heterocycles. The predicted molar refractivity (Wildman–Crippen MR) is 103 cm³/mol. The van der Waals surface area contributed by atoms with Crippen LogP contribution in [0.2, 0.25) is 0 Å². The van der Waals surface area contributed by atoms with Gasteiger partial charge in [-0.3, -0.25) is 4.79 Å². The van der Waals surface area contributed by atoms with Crippen molar-refractivity contribution in [2.75, 3.05) is 24.8 Å². The molecule has 2 aliphatic rings. The third kappa shape index (κ3) is 4.29. The first-order valence-corrected chi connectivity index (χ1v) is 9.79. The number of hydrogen-bond acceptors (Lipinski definition) is 5. The van der Waals surface area contributed by atoms with Crippen LogP contribution in [-0.2, 0) is 11.0 Å². The minimum Gasteiger partial charge on any atom is -0.454 e. The summed E-state index contributed by atoms with van der Waals surface area (Å²) in [6.45, 7) is 3.24. The maximum Gasteiger partial charge on any atom is 0.417 e. The van der Waals surface area contributed by atoms with Crippen molar-refractivity contribution >= 4 is 11.7 Å². The first kappa shape index (κ1) is 20.3. The summed E-state index contributed by atoms with van der Waals surface area (Å²) < 4.78 is 48.7. The number of fused-ring (bicyclic) bond motifs is 1. The molecular formula is C21H22F3N3O3. The van der Waals surface area contributed by atoms with Crippen molar-refractivity contribution in [2.24, 2.45) is 5.92 Å². The molecule has 0 saturated carbocycles.